The SMILES string of the molecule is O=S(=O)(c1cnc(-c2ccccc2)nc1)N1CCC(N2CCNCC2)C1. The number of hydrogen-bond acceptors (Lipinski definition) is 6. The maximum absolute atomic E-state index is 12.9. The fourth-order valence-corrected chi connectivity index (χ4v) is 4.99. The Labute approximate surface area is 154 Å². The summed E-state index contributed by atoms with van der Waals surface area (Å²) in [6, 6.07) is 9.85. The molecule has 2 aliphatic rings. The molecule has 1 unspecified atom stereocenters. The first-order valence-electron chi connectivity index (χ1n) is 8.97. The number of hydrogen-bond donors (Lipinski definition) is 1. The molecule has 26 heavy (non-hydrogen) atoms. The van der Waals surface area contributed by atoms with E-state index in [0.717, 1.165) is 38.2 Å². The lowest BCUT2D eigenvalue weighted by molar-refractivity contribution is 0.179. The van der Waals surface area contributed by atoms with Gasteiger partial charge in [0.2, 0.25) is 10.0 Å². The van der Waals surface area contributed by atoms with Crippen LogP contribution >= 0.6 is 0 Å². The van der Waals surface area contributed by atoms with Crippen molar-refractivity contribution >= 4 is 10.0 Å². The molecule has 1 aromatic carbocycles. The van der Waals surface area contributed by atoms with Gasteiger partial charge in [0.25, 0.3) is 0 Å². The summed E-state index contributed by atoms with van der Waals surface area (Å²) in [6.07, 6.45) is 3.72. The third-order valence-electron chi connectivity index (χ3n) is 5.09. The zero-order chi connectivity index (χ0) is 18.0. The van der Waals surface area contributed by atoms with E-state index in [1.807, 2.05) is 30.3 Å². The molecule has 3 heterocycles. The second kappa shape index (κ2) is 7.40. The minimum absolute atomic E-state index is 0.165. The van der Waals surface area contributed by atoms with Gasteiger partial charge in [-0.05, 0) is 6.42 Å². The van der Waals surface area contributed by atoms with Crippen molar-refractivity contribution in [2.75, 3.05) is 39.3 Å². The second-order valence-electron chi connectivity index (χ2n) is 6.70. The number of piperazine rings is 1. The van der Waals surface area contributed by atoms with Gasteiger partial charge in [0.15, 0.2) is 5.82 Å². The van der Waals surface area contributed by atoms with Gasteiger partial charge >= 0.3 is 0 Å². The van der Waals surface area contributed by atoms with Crippen LogP contribution in [0.2, 0.25) is 0 Å². The Morgan fingerprint density at radius 1 is 1.00 bits per heavy atom. The molecule has 7 nitrogen and oxygen atoms in total. The summed E-state index contributed by atoms with van der Waals surface area (Å²) in [7, 11) is -3.54. The summed E-state index contributed by atoms with van der Waals surface area (Å²) in [5.74, 6) is 0.532. The fraction of sp³-hybridized carbons (Fsp3) is 0.444. The molecule has 0 spiro atoms. The lowest BCUT2D eigenvalue weighted by Crippen LogP contribution is -2.49. The lowest BCUT2D eigenvalue weighted by atomic mass is 10.2. The van der Waals surface area contributed by atoms with E-state index in [1.54, 1.807) is 4.31 Å². The van der Waals surface area contributed by atoms with E-state index in [1.165, 1.54) is 12.4 Å². The predicted octanol–water partition coefficient (Wildman–Crippen LogP) is 0.812. The van der Waals surface area contributed by atoms with Crippen LogP contribution in [0.3, 0.4) is 0 Å². The number of nitrogens with one attached hydrogen (secondary N) is 1. The van der Waals surface area contributed by atoms with Gasteiger partial charge in [0, 0.05) is 50.9 Å². The van der Waals surface area contributed by atoms with Gasteiger partial charge in [0.1, 0.15) is 4.90 Å². The van der Waals surface area contributed by atoms with Crippen LogP contribution in [0.25, 0.3) is 11.4 Å². The maximum Gasteiger partial charge on any atom is 0.246 e. The van der Waals surface area contributed by atoms with Crippen LogP contribution in [0, 0.1) is 0 Å². The van der Waals surface area contributed by atoms with Gasteiger partial charge in [-0.3, -0.25) is 4.90 Å². The first-order valence-corrected chi connectivity index (χ1v) is 10.4. The highest BCUT2D eigenvalue weighted by atomic mass is 32.2. The molecule has 1 N–H and O–H groups in total. The van der Waals surface area contributed by atoms with Crippen LogP contribution < -0.4 is 5.32 Å². The molecule has 2 aliphatic heterocycles. The molecule has 1 atom stereocenters. The van der Waals surface area contributed by atoms with E-state index in [9.17, 15) is 8.42 Å². The molecular weight excluding hydrogens is 350 g/mol. The molecule has 0 aliphatic carbocycles. The topological polar surface area (TPSA) is 78.4 Å². The molecular formula is C18H23N5O2S. The van der Waals surface area contributed by atoms with E-state index in [2.05, 4.69) is 20.2 Å². The van der Waals surface area contributed by atoms with Crippen LogP contribution in [-0.4, -0.2) is 72.9 Å². The van der Waals surface area contributed by atoms with E-state index >= 15 is 0 Å². The van der Waals surface area contributed by atoms with Crippen LogP contribution in [-0.2, 0) is 10.0 Å². The van der Waals surface area contributed by atoms with Crippen molar-refractivity contribution in [3.63, 3.8) is 0 Å². The quantitative estimate of drug-likeness (QED) is 0.855. The Bertz CT molecular complexity index is 836. The summed E-state index contributed by atoms with van der Waals surface area (Å²) in [4.78, 5) is 11.1. The summed E-state index contributed by atoms with van der Waals surface area (Å²) in [6.45, 7) is 5.00. The molecule has 138 valence electrons. The molecule has 4 rings (SSSR count). The molecule has 2 fully saturated rings. The van der Waals surface area contributed by atoms with Gasteiger partial charge in [-0.2, -0.15) is 4.31 Å². The van der Waals surface area contributed by atoms with Gasteiger partial charge in [-0.25, -0.2) is 18.4 Å². The summed E-state index contributed by atoms with van der Waals surface area (Å²) in [5.41, 5.74) is 0.872. The molecule has 0 bridgehead atoms. The zero-order valence-electron chi connectivity index (χ0n) is 14.6. The molecule has 2 saturated heterocycles. The first-order chi connectivity index (χ1) is 12.6. The largest absolute Gasteiger partial charge is 0.314 e. The molecule has 0 radical (unpaired) electrons. The van der Waals surface area contributed by atoms with Gasteiger partial charge in [-0.15, -0.1) is 0 Å². The number of aromatic nitrogens is 2. The third kappa shape index (κ3) is 3.50. The summed E-state index contributed by atoms with van der Waals surface area (Å²) in [5, 5.41) is 3.33. The normalized spacial score (nSPS) is 22.5. The van der Waals surface area contributed by atoms with Crippen LogP contribution in [0.15, 0.2) is 47.6 Å². The Hall–Kier alpha value is -1.87. The Morgan fingerprint density at radius 2 is 1.69 bits per heavy atom. The Balaban J connectivity index is 1.48. The summed E-state index contributed by atoms with van der Waals surface area (Å²) >= 11 is 0. The van der Waals surface area contributed by atoms with Crippen LogP contribution in [0.5, 0.6) is 0 Å². The van der Waals surface area contributed by atoms with Crippen molar-refractivity contribution in [3.05, 3.63) is 42.7 Å². The summed E-state index contributed by atoms with van der Waals surface area (Å²) < 4.78 is 27.4. The predicted molar refractivity (Wildman–Crippen MR) is 99.1 cm³/mol. The minimum Gasteiger partial charge on any atom is -0.314 e. The minimum atomic E-state index is -3.54. The van der Waals surface area contributed by atoms with Crippen molar-refractivity contribution in [1.29, 1.82) is 0 Å². The Kier molecular flexibility index (Phi) is 4.99. The van der Waals surface area contributed by atoms with Gasteiger partial charge in [0.05, 0.1) is 12.4 Å². The van der Waals surface area contributed by atoms with Crippen molar-refractivity contribution in [2.45, 2.75) is 17.4 Å². The lowest BCUT2D eigenvalue weighted by Gasteiger charge is -2.32. The first kappa shape index (κ1) is 17.5. The third-order valence-corrected chi connectivity index (χ3v) is 6.91. The van der Waals surface area contributed by atoms with Gasteiger partial charge in [-0.1, -0.05) is 30.3 Å². The molecule has 8 heteroatoms. The average Bonchev–Trinajstić information content (AvgIpc) is 3.21. The van der Waals surface area contributed by atoms with Gasteiger partial charge < -0.3 is 5.32 Å². The number of rotatable bonds is 4. The van der Waals surface area contributed by atoms with E-state index < -0.39 is 10.0 Å². The van der Waals surface area contributed by atoms with E-state index in [0.29, 0.717) is 25.0 Å². The molecule has 2 aromatic rings. The van der Waals surface area contributed by atoms with E-state index in [4.69, 9.17) is 0 Å². The average molecular weight is 373 g/mol. The number of nitrogens with zero attached hydrogens (tertiary/aromatic N) is 4. The molecule has 1 aromatic heterocycles. The van der Waals surface area contributed by atoms with Crippen molar-refractivity contribution < 1.29 is 8.42 Å². The van der Waals surface area contributed by atoms with Crippen molar-refractivity contribution in [1.82, 2.24) is 24.5 Å². The highest BCUT2D eigenvalue weighted by Crippen LogP contribution is 2.24. The second-order valence-corrected chi connectivity index (χ2v) is 8.64. The Morgan fingerprint density at radius 3 is 2.38 bits per heavy atom. The zero-order valence-corrected chi connectivity index (χ0v) is 15.4. The van der Waals surface area contributed by atoms with Crippen LogP contribution in [0.4, 0.5) is 0 Å². The monoisotopic (exact) mass is 373 g/mol. The van der Waals surface area contributed by atoms with E-state index in [-0.39, 0.29) is 4.90 Å². The van der Waals surface area contributed by atoms with Crippen molar-refractivity contribution in [3.8, 4) is 11.4 Å². The maximum atomic E-state index is 12.9. The highest BCUT2D eigenvalue weighted by Gasteiger charge is 2.35. The standard InChI is InChI=1S/C18H23N5O2S/c24-26(25,23-9-6-16(14-23)22-10-7-19-8-11-22)17-12-20-18(21-13-17)15-4-2-1-3-5-15/h1-5,12-13,16,19H,6-11,14H2. The van der Waals surface area contributed by atoms with Crippen molar-refractivity contribution in [2.24, 2.45) is 0 Å². The molecule has 0 amide bonds. The number of benzene rings is 1. The number of sulfonamides is 1. The fourth-order valence-electron chi connectivity index (χ4n) is 3.61. The smallest absolute Gasteiger partial charge is 0.246 e. The molecule has 0 saturated carbocycles. The highest BCUT2D eigenvalue weighted by molar-refractivity contribution is 7.89. The van der Waals surface area contributed by atoms with Crippen LogP contribution in [0.1, 0.15) is 6.42 Å².